The first-order valence-corrected chi connectivity index (χ1v) is 19.8. The second-order valence-electron chi connectivity index (χ2n) is 14.0. The second kappa shape index (κ2) is 19.5. The van der Waals surface area contributed by atoms with Crippen molar-refractivity contribution in [1.82, 2.24) is 14.2 Å². The number of aromatic nitrogens is 2. The van der Waals surface area contributed by atoms with Gasteiger partial charge in [0.05, 0.1) is 52.1 Å². The molecule has 1 aliphatic rings. The minimum Gasteiger partial charge on any atom is -0.497 e. The third kappa shape index (κ3) is 9.73. The Labute approximate surface area is 324 Å². The molecule has 0 aliphatic carbocycles. The van der Waals surface area contributed by atoms with Gasteiger partial charge in [0.25, 0.3) is 14.1 Å². The molecule has 0 amide bonds. The number of ether oxygens (including phenoxy) is 4. The number of benzene rings is 3. The summed E-state index contributed by atoms with van der Waals surface area (Å²) in [5, 5.41) is 9.29. The van der Waals surface area contributed by atoms with E-state index in [1.54, 1.807) is 27.3 Å². The average Bonchev–Trinajstić information content (AvgIpc) is 3.58. The highest BCUT2D eigenvalue weighted by Gasteiger charge is 2.44. The van der Waals surface area contributed by atoms with Gasteiger partial charge in [0, 0.05) is 30.5 Å². The number of hydrogen-bond donors (Lipinski definition) is 1. The van der Waals surface area contributed by atoms with Crippen molar-refractivity contribution in [1.29, 1.82) is 5.26 Å². The first-order chi connectivity index (χ1) is 26.5. The molecule has 0 bridgehead atoms. The first-order valence-electron chi connectivity index (χ1n) is 18.7. The van der Waals surface area contributed by atoms with Crippen molar-refractivity contribution >= 4 is 8.53 Å². The Morgan fingerprint density at radius 3 is 2.04 bits per heavy atom. The molecular formula is C42H53N4O8P. The summed E-state index contributed by atoms with van der Waals surface area (Å²) in [4.78, 5) is 28.0. The Kier molecular flexibility index (Phi) is 14.8. The van der Waals surface area contributed by atoms with Crippen LogP contribution in [-0.2, 0) is 24.1 Å². The molecule has 12 nitrogen and oxygen atoms in total. The molecule has 0 saturated carbocycles. The van der Waals surface area contributed by atoms with Gasteiger partial charge in [-0.05, 0) is 88.4 Å². The summed E-state index contributed by atoms with van der Waals surface area (Å²) in [6, 6.07) is 27.7. The summed E-state index contributed by atoms with van der Waals surface area (Å²) < 4.78 is 41.4. The van der Waals surface area contributed by atoms with Crippen molar-refractivity contribution in [2.45, 2.75) is 89.8 Å². The maximum Gasteiger partial charge on any atom is 0.328 e. The van der Waals surface area contributed by atoms with E-state index in [1.807, 2.05) is 66.7 Å². The second-order valence-corrected chi connectivity index (χ2v) is 15.4. The van der Waals surface area contributed by atoms with Crippen molar-refractivity contribution in [3.63, 3.8) is 0 Å². The van der Waals surface area contributed by atoms with Crippen LogP contribution in [0.1, 0.15) is 75.3 Å². The molecule has 4 aromatic rings. The summed E-state index contributed by atoms with van der Waals surface area (Å²) in [6.07, 6.45) is 1.85. The van der Waals surface area contributed by atoms with Crippen molar-refractivity contribution < 1.29 is 28.0 Å². The van der Waals surface area contributed by atoms with E-state index in [1.165, 1.54) is 4.57 Å². The number of nitriles is 1. The van der Waals surface area contributed by atoms with Gasteiger partial charge in [0.15, 0.2) is 0 Å². The van der Waals surface area contributed by atoms with Gasteiger partial charge >= 0.3 is 5.69 Å². The zero-order valence-electron chi connectivity index (χ0n) is 32.8. The smallest absolute Gasteiger partial charge is 0.328 e. The minimum absolute atomic E-state index is 0.0703. The van der Waals surface area contributed by atoms with E-state index in [2.05, 4.69) is 55.6 Å². The number of aryl methyl sites for hydroxylation is 1. The molecule has 0 radical (unpaired) electrons. The number of nitrogens with zero attached hydrogens (tertiary/aromatic N) is 3. The van der Waals surface area contributed by atoms with Crippen LogP contribution < -0.4 is 20.7 Å². The van der Waals surface area contributed by atoms with Crippen LogP contribution in [0.15, 0.2) is 94.6 Å². The Morgan fingerprint density at radius 2 is 1.49 bits per heavy atom. The molecule has 1 aromatic heterocycles. The third-order valence-corrected chi connectivity index (χ3v) is 11.9. The van der Waals surface area contributed by atoms with Crippen LogP contribution in [0.2, 0.25) is 0 Å². The fourth-order valence-electron chi connectivity index (χ4n) is 7.10. The summed E-state index contributed by atoms with van der Waals surface area (Å²) in [7, 11) is 1.62. The largest absolute Gasteiger partial charge is 0.497 e. The lowest BCUT2D eigenvalue weighted by atomic mass is 9.80. The zero-order valence-corrected chi connectivity index (χ0v) is 33.7. The SMILES string of the molecule is COc1ccc(C(OCCC[C@@H]2OC[C@H](n3cc(C)c(=O)[nH]c3=O)[C@H]2OP(OCCC#N)N(C(C)C)C(C)C)(c2ccccc2)c2ccc(OC)cc2)cc1. The van der Waals surface area contributed by atoms with E-state index in [4.69, 9.17) is 28.0 Å². The number of rotatable bonds is 19. The van der Waals surface area contributed by atoms with E-state index >= 15 is 0 Å². The van der Waals surface area contributed by atoms with Gasteiger partial charge in [-0.15, -0.1) is 0 Å². The quantitative estimate of drug-likeness (QED) is 0.0590. The van der Waals surface area contributed by atoms with Gasteiger partial charge in [-0.1, -0.05) is 54.6 Å². The molecule has 1 aliphatic heterocycles. The van der Waals surface area contributed by atoms with Gasteiger partial charge in [0.1, 0.15) is 23.2 Å². The minimum atomic E-state index is -1.67. The standard InChI is InChI=1S/C42H53N4O8P/c1-29(2)46(30(3)4)55(53-26-12-24-43)54-39-37(45-27-31(5)40(47)44-41(45)48)28-51-38(39)15-11-25-52-42(32-13-9-8-10-14-32,33-16-20-35(49-6)21-17-33)34-18-22-36(50-7)23-19-34/h8-10,13-14,16-23,27,29-30,37-39H,11-12,15,25-26,28H2,1-7H3,(H,44,47,48)/t37-,38-,39+,55?/m0/s1. The van der Waals surface area contributed by atoms with Crippen LogP contribution in [0.3, 0.4) is 0 Å². The van der Waals surface area contributed by atoms with Crippen LogP contribution >= 0.6 is 8.53 Å². The van der Waals surface area contributed by atoms with Gasteiger partial charge in [-0.25, -0.2) is 9.46 Å². The molecule has 3 aromatic carbocycles. The van der Waals surface area contributed by atoms with E-state index in [0.29, 0.717) is 25.0 Å². The molecule has 1 fully saturated rings. The van der Waals surface area contributed by atoms with Crippen molar-refractivity contribution in [2.24, 2.45) is 0 Å². The normalized spacial score (nSPS) is 17.8. The van der Waals surface area contributed by atoms with Crippen LogP contribution in [0.5, 0.6) is 11.5 Å². The lowest BCUT2D eigenvalue weighted by Gasteiger charge is -2.38. The van der Waals surface area contributed by atoms with E-state index in [9.17, 15) is 14.9 Å². The van der Waals surface area contributed by atoms with Crippen molar-refractivity contribution in [3.05, 3.63) is 128 Å². The number of methoxy groups -OCH3 is 2. The maximum atomic E-state index is 13.2. The number of nitrogens with one attached hydrogen (secondary N) is 1. The Morgan fingerprint density at radius 1 is 0.909 bits per heavy atom. The van der Waals surface area contributed by atoms with Crippen molar-refractivity contribution in [3.8, 4) is 17.6 Å². The molecular weight excluding hydrogens is 719 g/mol. The molecule has 13 heteroatoms. The topological polar surface area (TPSA) is 137 Å². The predicted octanol–water partition coefficient (Wildman–Crippen LogP) is 7.25. The zero-order chi connectivity index (χ0) is 39.5. The highest BCUT2D eigenvalue weighted by Crippen LogP contribution is 2.50. The Hall–Kier alpha value is -4.34. The molecule has 55 heavy (non-hydrogen) atoms. The highest BCUT2D eigenvalue weighted by molar-refractivity contribution is 7.44. The lowest BCUT2D eigenvalue weighted by molar-refractivity contribution is -0.00498. The predicted molar refractivity (Wildman–Crippen MR) is 212 cm³/mol. The van der Waals surface area contributed by atoms with Crippen LogP contribution in [0, 0.1) is 18.3 Å². The fourth-order valence-corrected chi connectivity index (χ4v) is 8.89. The monoisotopic (exact) mass is 772 g/mol. The van der Waals surface area contributed by atoms with Crippen LogP contribution in [0.25, 0.3) is 0 Å². The molecule has 1 N–H and O–H groups in total. The summed E-state index contributed by atoms with van der Waals surface area (Å²) in [5.74, 6) is 1.47. The van der Waals surface area contributed by atoms with E-state index in [0.717, 1.165) is 28.2 Å². The summed E-state index contributed by atoms with van der Waals surface area (Å²) >= 11 is 0. The first kappa shape index (κ1) is 41.8. The molecule has 4 atom stereocenters. The Balaban J connectivity index is 1.47. The Bertz CT molecular complexity index is 1910. The van der Waals surface area contributed by atoms with Crippen LogP contribution in [0.4, 0.5) is 0 Å². The van der Waals surface area contributed by atoms with E-state index < -0.39 is 43.6 Å². The molecule has 0 spiro atoms. The molecule has 2 heterocycles. The molecule has 1 saturated heterocycles. The van der Waals surface area contributed by atoms with Gasteiger partial charge in [0.2, 0.25) is 0 Å². The summed E-state index contributed by atoms with van der Waals surface area (Å²) in [6.45, 7) is 10.7. The van der Waals surface area contributed by atoms with Gasteiger partial charge < -0.3 is 28.0 Å². The van der Waals surface area contributed by atoms with E-state index in [-0.39, 0.29) is 31.7 Å². The van der Waals surface area contributed by atoms with Gasteiger partial charge in [-0.3, -0.25) is 14.3 Å². The number of aromatic amines is 1. The molecule has 294 valence electrons. The van der Waals surface area contributed by atoms with Crippen LogP contribution in [-0.4, -0.2) is 72.6 Å². The lowest BCUT2D eigenvalue weighted by Crippen LogP contribution is -2.41. The number of H-pyrrole nitrogens is 1. The fraction of sp³-hybridized carbons (Fsp3) is 0.452. The molecule has 5 rings (SSSR count). The highest BCUT2D eigenvalue weighted by atomic mass is 31.2. The maximum absolute atomic E-state index is 13.2. The average molecular weight is 773 g/mol. The third-order valence-electron chi connectivity index (χ3n) is 9.73. The number of hydrogen-bond acceptors (Lipinski definition) is 10. The van der Waals surface area contributed by atoms with Crippen molar-refractivity contribution in [2.75, 3.05) is 34.0 Å². The summed E-state index contributed by atoms with van der Waals surface area (Å²) in [5.41, 5.74) is 1.27. The van der Waals surface area contributed by atoms with Gasteiger partial charge in [-0.2, -0.15) is 5.26 Å². The molecule has 1 unspecified atom stereocenters.